The quantitative estimate of drug-likeness (QED) is 0.556. The van der Waals surface area contributed by atoms with E-state index in [1.54, 1.807) is 18.2 Å². The second-order valence-corrected chi connectivity index (χ2v) is 9.47. The molecule has 0 saturated carbocycles. The zero-order chi connectivity index (χ0) is 22.1. The third-order valence-electron chi connectivity index (χ3n) is 4.83. The zero-order valence-electron chi connectivity index (χ0n) is 17.2. The number of anilines is 1. The van der Waals surface area contributed by atoms with Gasteiger partial charge in [0.15, 0.2) is 0 Å². The van der Waals surface area contributed by atoms with Gasteiger partial charge in [-0.3, -0.25) is 4.79 Å². The van der Waals surface area contributed by atoms with Gasteiger partial charge in [-0.2, -0.15) is 0 Å². The largest absolute Gasteiger partial charge is 0.376 e. The van der Waals surface area contributed by atoms with Crippen molar-refractivity contribution in [1.82, 2.24) is 4.72 Å². The molecule has 2 aromatic rings. The lowest BCUT2D eigenvalue weighted by molar-refractivity contribution is -0.116. The Kier molecular flexibility index (Phi) is 8.86. The molecule has 1 heterocycles. The van der Waals surface area contributed by atoms with Gasteiger partial charge >= 0.3 is 0 Å². The maximum absolute atomic E-state index is 12.3. The van der Waals surface area contributed by atoms with Crippen molar-refractivity contribution in [3.63, 3.8) is 0 Å². The number of nitrogens with one attached hydrogen (secondary N) is 2. The fourth-order valence-corrected chi connectivity index (χ4v) is 4.80. The molecule has 1 unspecified atom stereocenters. The molecule has 2 aromatic carbocycles. The van der Waals surface area contributed by atoms with Crippen LogP contribution < -0.4 is 10.0 Å². The maximum atomic E-state index is 12.3. The number of hydrogen-bond donors (Lipinski definition) is 2. The molecule has 1 amide bonds. The molecule has 168 valence electrons. The lowest BCUT2D eigenvalue weighted by atomic mass is 10.1. The monoisotopic (exact) mass is 466 g/mol. The highest BCUT2D eigenvalue weighted by Crippen LogP contribution is 2.20. The van der Waals surface area contributed by atoms with Crippen LogP contribution in [0.4, 0.5) is 5.69 Å². The van der Waals surface area contributed by atoms with Crippen LogP contribution in [0, 0.1) is 0 Å². The normalized spacial score (nSPS) is 16.7. The summed E-state index contributed by atoms with van der Waals surface area (Å²) in [6.07, 6.45) is 3.45. The Balaban J connectivity index is 1.43. The van der Waals surface area contributed by atoms with Crippen molar-refractivity contribution in [1.29, 1.82) is 0 Å². The van der Waals surface area contributed by atoms with Crippen LogP contribution in [-0.4, -0.2) is 40.2 Å². The first-order chi connectivity index (χ1) is 14.9. The van der Waals surface area contributed by atoms with E-state index in [1.165, 1.54) is 18.6 Å². The molecule has 7 nitrogen and oxygen atoms in total. The Hall–Kier alpha value is -1.97. The number of hydrogen-bond acceptors (Lipinski definition) is 5. The van der Waals surface area contributed by atoms with Crippen LogP contribution in [0.15, 0.2) is 53.4 Å². The zero-order valence-corrected chi connectivity index (χ0v) is 18.8. The average Bonchev–Trinajstić information content (AvgIpc) is 2.75. The van der Waals surface area contributed by atoms with Crippen LogP contribution in [0.5, 0.6) is 0 Å². The molecule has 2 N–H and O–H groups in total. The van der Waals surface area contributed by atoms with Gasteiger partial charge in [-0.1, -0.05) is 35.9 Å². The van der Waals surface area contributed by atoms with E-state index in [0.717, 1.165) is 25.0 Å². The second-order valence-electron chi connectivity index (χ2n) is 7.33. The van der Waals surface area contributed by atoms with Gasteiger partial charge in [0.25, 0.3) is 0 Å². The third-order valence-corrected chi connectivity index (χ3v) is 6.79. The molecule has 1 atom stereocenters. The molecule has 1 saturated heterocycles. The Morgan fingerprint density at radius 3 is 2.77 bits per heavy atom. The van der Waals surface area contributed by atoms with Gasteiger partial charge in [0.2, 0.25) is 15.9 Å². The molecule has 9 heteroatoms. The topological polar surface area (TPSA) is 93.7 Å². The molecule has 0 aromatic heterocycles. The standard InChI is InChI=1S/C22H27ClN2O5S/c23-20-9-1-2-10-21(20)31(27,28)24-12-11-22(26)25-18-7-5-6-17(14-18)15-29-16-19-8-3-4-13-30-19/h1-2,5-7,9-10,14,19,24H,3-4,8,11-13,15-16H2,(H,25,26). The van der Waals surface area contributed by atoms with E-state index in [2.05, 4.69) is 10.0 Å². The summed E-state index contributed by atoms with van der Waals surface area (Å²) < 4.78 is 38.4. The first-order valence-electron chi connectivity index (χ1n) is 10.3. The Bertz CT molecular complexity index is 977. The molecule has 31 heavy (non-hydrogen) atoms. The van der Waals surface area contributed by atoms with Gasteiger partial charge in [-0.05, 0) is 49.1 Å². The first-order valence-corrected chi connectivity index (χ1v) is 12.1. The minimum Gasteiger partial charge on any atom is -0.376 e. The van der Waals surface area contributed by atoms with Crippen molar-refractivity contribution in [2.45, 2.75) is 43.3 Å². The highest BCUT2D eigenvalue weighted by atomic mass is 35.5. The van der Waals surface area contributed by atoms with Crippen molar-refractivity contribution in [3.05, 3.63) is 59.1 Å². The molecular weight excluding hydrogens is 440 g/mol. The third kappa shape index (κ3) is 7.59. The number of ether oxygens (including phenoxy) is 2. The number of amides is 1. The van der Waals surface area contributed by atoms with E-state index >= 15 is 0 Å². The summed E-state index contributed by atoms with van der Waals surface area (Å²) in [5.74, 6) is -0.296. The van der Waals surface area contributed by atoms with E-state index < -0.39 is 10.0 Å². The molecule has 1 aliphatic rings. The predicted octanol–water partition coefficient (Wildman–Crippen LogP) is 3.73. The first kappa shape index (κ1) is 23.7. The van der Waals surface area contributed by atoms with E-state index in [-0.39, 0.29) is 34.9 Å². The fourth-order valence-electron chi connectivity index (χ4n) is 3.25. The SMILES string of the molecule is O=C(CCNS(=O)(=O)c1ccccc1Cl)Nc1cccc(COCC2CCCCO2)c1. The van der Waals surface area contributed by atoms with Gasteiger partial charge in [0, 0.05) is 25.3 Å². The van der Waals surface area contributed by atoms with Gasteiger partial charge in [0.1, 0.15) is 4.90 Å². The molecule has 0 aliphatic carbocycles. The van der Waals surface area contributed by atoms with Crippen LogP contribution >= 0.6 is 11.6 Å². The minimum atomic E-state index is -3.77. The van der Waals surface area contributed by atoms with E-state index in [0.29, 0.717) is 18.9 Å². The number of rotatable bonds is 10. The van der Waals surface area contributed by atoms with Crippen molar-refractivity contribution < 1.29 is 22.7 Å². The summed E-state index contributed by atoms with van der Waals surface area (Å²) in [5, 5.41) is 2.91. The molecule has 3 rings (SSSR count). The number of sulfonamides is 1. The maximum Gasteiger partial charge on any atom is 0.242 e. The summed E-state index contributed by atoms with van der Waals surface area (Å²) in [7, 11) is -3.77. The number of carbonyl (C=O) groups is 1. The molecule has 1 aliphatic heterocycles. The highest BCUT2D eigenvalue weighted by Gasteiger charge is 2.17. The summed E-state index contributed by atoms with van der Waals surface area (Å²) in [5.41, 5.74) is 1.57. The predicted molar refractivity (Wildman–Crippen MR) is 120 cm³/mol. The number of benzene rings is 2. The van der Waals surface area contributed by atoms with Gasteiger partial charge in [-0.25, -0.2) is 13.1 Å². The Morgan fingerprint density at radius 2 is 2.00 bits per heavy atom. The Morgan fingerprint density at radius 1 is 1.16 bits per heavy atom. The van der Waals surface area contributed by atoms with Crippen LogP contribution in [0.25, 0.3) is 0 Å². The second kappa shape index (κ2) is 11.6. The minimum absolute atomic E-state index is 0.0105. The molecule has 0 bridgehead atoms. The lowest BCUT2D eigenvalue weighted by Gasteiger charge is -2.22. The summed E-state index contributed by atoms with van der Waals surface area (Å²) in [6, 6.07) is 13.5. The van der Waals surface area contributed by atoms with Crippen LogP contribution in [-0.2, 0) is 30.9 Å². The van der Waals surface area contributed by atoms with Gasteiger partial charge in [0.05, 0.1) is 24.3 Å². The van der Waals surface area contributed by atoms with Crippen molar-refractivity contribution in [3.8, 4) is 0 Å². The highest BCUT2D eigenvalue weighted by molar-refractivity contribution is 7.89. The lowest BCUT2D eigenvalue weighted by Crippen LogP contribution is -2.28. The van der Waals surface area contributed by atoms with E-state index in [1.807, 2.05) is 18.2 Å². The number of halogens is 1. The number of carbonyl (C=O) groups excluding carboxylic acids is 1. The van der Waals surface area contributed by atoms with Gasteiger partial charge in [-0.15, -0.1) is 0 Å². The average molecular weight is 467 g/mol. The van der Waals surface area contributed by atoms with Crippen molar-refractivity contribution in [2.24, 2.45) is 0 Å². The summed E-state index contributed by atoms with van der Waals surface area (Å²) in [6.45, 7) is 1.75. The summed E-state index contributed by atoms with van der Waals surface area (Å²) in [4.78, 5) is 12.2. The van der Waals surface area contributed by atoms with Crippen LogP contribution in [0.2, 0.25) is 5.02 Å². The van der Waals surface area contributed by atoms with Gasteiger partial charge < -0.3 is 14.8 Å². The van der Waals surface area contributed by atoms with Crippen LogP contribution in [0.3, 0.4) is 0 Å². The molecule has 1 fully saturated rings. The van der Waals surface area contributed by atoms with Crippen LogP contribution in [0.1, 0.15) is 31.2 Å². The summed E-state index contributed by atoms with van der Waals surface area (Å²) >= 11 is 5.94. The smallest absolute Gasteiger partial charge is 0.242 e. The molecule has 0 spiro atoms. The van der Waals surface area contributed by atoms with Crippen molar-refractivity contribution in [2.75, 3.05) is 25.1 Å². The van der Waals surface area contributed by atoms with E-state index in [4.69, 9.17) is 21.1 Å². The fraction of sp³-hybridized carbons (Fsp3) is 0.409. The van der Waals surface area contributed by atoms with Crippen molar-refractivity contribution >= 4 is 33.2 Å². The molecule has 0 radical (unpaired) electrons. The Labute approximate surface area is 188 Å². The molecular formula is C22H27ClN2O5S. The van der Waals surface area contributed by atoms with E-state index in [9.17, 15) is 13.2 Å².